The van der Waals surface area contributed by atoms with Crippen LogP contribution >= 0.6 is 0 Å². The molecule has 0 aromatic heterocycles. The third-order valence-electron chi connectivity index (χ3n) is 3.66. The Morgan fingerprint density at radius 3 is 3.00 bits per heavy atom. The zero-order chi connectivity index (χ0) is 12.3. The number of hydrogen-bond acceptors (Lipinski definition) is 3. The number of ether oxygens (including phenoxy) is 1. The lowest BCUT2D eigenvalue weighted by atomic mass is 9.87. The molecular weight excluding hydrogens is 220 g/mol. The van der Waals surface area contributed by atoms with Crippen LogP contribution in [0.1, 0.15) is 39.0 Å². The zero-order valence-electron chi connectivity index (χ0n) is 10.3. The number of piperazine rings is 1. The first kappa shape index (κ1) is 12.4. The maximum atomic E-state index is 11.8. The van der Waals surface area contributed by atoms with Crippen molar-refractivity contribution in [2.75, 3.05) is 6.61 Å². The van der Waals surface area contributed by atoms with Crippen molar-refractivity contribution in [1.82, 2.24) is 5.32 Å². The molecule has 2 rings (SSSR count). The van der Waals surface area contributed by atoms with Crippen LogP contribution in [0.3, 0.4) is 0 Å². The first-order chi connectivity index (χ1) is 8.20. The van der Waals surface area contributed by atoms with Crippen LogP contribution in [0.15, 0.2) is 0 Å². The molecule has 1 saturated carbocycles. The van der Waals surface area contributed by atoms with E-state index in [1.807, 2.05) is 0 Å². The minimum absolute atomic E-state index is 0.0128. The highest BCUT2D eigenvalue weighted by Gasteiger charge is 2.40. The molecule has 0 aromatic carbocycles. The van der Waals surface area contributed by atoms with Crippen LogP contribution in [-0.2, 0) is 14.3 Å². The number of nitrogens with one attached hydrogen (secondary N) is 1. The minimum atomic E-state index is -0.298. The first-order valence-corrected chi connectivity index (χ1v) is 6.51. The van der Waals surface area contributed by atoms with Crippen LogP contribution in [0, 0.1) is 0 Å². The SMILES string of the molecule is CCOC(=O)C[C@@H]1[NH2+][C@H]2CCCC[C@@H]2NC1=O. The van der Waals surface area contributed by atoms with Crippen LogP contribution in [0.25, 0.3) is 0 Å². The number of nitrogens with two attached hydrogens (primary N) is 1. The molecule has 1 aliphatic heterocycles. The summed E-state index contributed by atoms with van der Waals surface area (Å²) in [6.45, 7) is 2.15. The van der Waals surface area contributed by atoms with Gasteiger partial charge in [-0.05, 0) is 19.8 Å². The zero-order valence-corrected chi connectivity index (χ0v) is 10.3. The lowest BCUT2D eigenvalue weighted by Gasteiger charge is -2.37. The molecule has 2 fully saturated rings. The lowest BCUT2D eigenvalue weighted by molar-refractivity contribution is -0.718. The van der Waals surface area contributed by atoms with Crippen LogP contribution in [-0.4, -0.2) is 36.6 Å². The maximum Gasteiger partial charge on any atom is 0.312 e. The molecule has 0 aromatic rings. The number of carbonyl (C=O) groups is 2. The van der Waals surface area contributed by atoms with E-state index in [0.29, 0.717) is 18.7 Å². The highest BCUT2D eigenvalue weighted by Crippen LogP contribution is 2.18. The van der Waals surface area contributed by atoms with Gasteiger partial charge in [-0.2, -0.15) is 0 Å². The summed E-state index contributed by atoms with van der Waals surface area (Å²) in [7, 11) is 0. The van der Waals surface area contributed by atoms with Crippen LogP contribution in [0.4, 0.5) is 0 Å². The second-order valence-electron chi connectivity index (χ2n) is 4.87. The Labute approximate surface area is 101 Å². The van der Waals surface area contributed by atoms with Gasteiger partial charge >= 0.3 is 5.97 Å². The van der Waals surface area contributed by atoms with Gasteiger partial charge in [-0.25, -0.2) is 0 Å². The normalized spacial score (nSPS) is 32.5. The van der Waals surface area contributed by atoms with Crippen molar-refractivity contribution in [1.29, 1.82) is 0 Å². The largest absolute Gasteiger partial charge is 0.466 e. The molecule has 96 valence electrons. The summed E-state index contributed by atoms with van der Waals surface area (Å²) in [5, 5.41) is 5.11. The van der Waals surface area contributed by atoms with Crippen LogP contribution < -0.4 is 10.6 Å². The van der Waals surface area contributed by atoms with Gasteiger partial charge in [0.2, 0.25) is 0 Å². The van der Waals surface area contributed by atoms with Crippen molar-refractivity contribution < 1.29 is 19.6 Å². The van der Waals surface area contributed by atoms with E-state index in [-0.39, 0.29) is 24.3 Å². The van der Waals surface area contributed by atoms with Crippen molar-refractivity contribution in [3.05, 3.63) is 0 Å². The number of amides is 1. The summed E-state index contributed by atoms with van der Waals surface area (Å²) in [4.78, 5) is 23.2. The number of esters is 1. The van der Waals surface area contributed by atoms with Crippen LogP contribution in [0.2, 0.25) is 0 Å². The van der Waals surface area contributed by atoms with Gasteiger partial charge in [-0.15, -0.1) is 0 Å². The fourth-order valence-corrected chi connectivity index (χ4v) is 2.80. The Morgan fingerprint density at radius 2 is 2.24 bits per heavy atom. The summed E-state index contributed by atoms with van der Waals surface area (Å²) in [6.07, 6.45) is 4.80. The summed E-state index contributed by atoms with van der Waals surface area (Å²) in [5.41, 5.74) is 0. The molecule has 1 saturated heterocycles. The molecule has 0 unspecified atom stereocenters. The number of hydrogen-bond donors (Lipinski definition) is 2. The predicted molar refractivity (Wildman–Crippen MR) is 61.2 cm³/mol. The molecule has 0 radical (unpaired) electrons. The Hall–Kier alpha value is -1.10. The molecule has 1 aliphatic carbocycles. The molecule has 17 heavy (non-hydrogen) atoms. The topological polar surface area (TPSA) is 72.0 Å². The first-order valence-electron chi connectivity index (χ1n) is 6.51. The number of rotatable bonds is 3. The minimum Gasteiger partial charge on any atom is -0.466 e. The molecule has 3 N–H and O–H groups in total. The molecule has 1 heterocycles. The third-order valence-corrected chi connectivity index (χ3v) is 3.66. The van der Waals surface area contributed by atoms with Gasteiger partial charge in [0.05, 0.1) is 12.6 Å². The third kappa shape index (κ3) is 2.97. The number of carbonyl (C=O) groups excluding carboxylic acids is 2. The predicted octanol–water partition coefficient (Wildman–Crippen LogP) is -0.687. The fraction of sp³-hybridized carbons (Fsp3) is 0.833. The van der Waals surface area contributed by atoms with Crippen molar-refractivity contribution >= 4 is 11.9 Å². The number of fused-ring (bicyclic) bond motifs is 1. The standard InChI is InChI=1S/C12H20N2O3/c1-2-17-11(15)7-10-12(16)14-9-6-4-3-5-8(9)13-10/h8-10,13H,2-7H2,1H3,(H,14,16)/p+1/t8-,9-,10-/m0/s1. The highest BCUT2D eigenvalue weighted by atomic mass is 16.5. The van der Waals surface area contributed by atoms with Crippen molar-refractivity contribution in [3.8, 4) is 0 Å². The summed E-state index contributed by atoms with van der Waals surface area (Å²) >= 11 is 0. The van der Waals surface area contributed by atoms with Crippen molar-refractivity contribution in [2.24, 2.45) is 0 Å². The Bertz CT molecular complexity index is 306. The molecule has 0 bridgehead atoms. The summed E-state index contributed by atoms with van der Waals surface area (Å²) < 4.78 is 4.89. The van der Waals surface area contributed by atoms with Gasteiger partial charge in [-0.1, -0.05) is 6.42 Å². The smallest absolute Gasteiger partial charge is 0.312 e. The van der Waals surface area contributed by atoms with E-state index in [0.717, 1.165) is 12.8 Å². The molecule has 0 spiro atoms. The second-order valence-corrected chi connectivity index (χ2v) is 4.87. The Morgan fingerprint density at radius 1 is 1.47 bits per heavy atom. The Balaban J connectivity index is 1.90. The Kier molecular flexibility index (Phi) is 3.99. The van der Waals surface area contributed by atoms with E-state index in [9.17, 15) is 9.59 Å². The van der Waals surface area contributed by atoms with E-state index in [4.69, 9.17) is 4.74 Å². The van der Waals surface area contributed by atoms with Gasteiger partial charge < -0.3 is 15.4 Å². The van der Waals surface area contributed by atoms with Gasteiger partial charge in [0.1, 0.15) is 12.5 Å². The summed E-state index contributed by atoms with van der Waals surface area (Å²) in [5.74, 6) is -0.292. The molecule has 1 amide bonds. The second kappa shape index (κ2) is 5.49. The van der Waals surface area contributed by atoms with E-state index in [2.05, 4.69) is 10.6 Å². The highest BCUT2D eigenvalue weighted by molar-refractivity contribution is 5.85. The maximum absolute atomic E-state index is 11.8. The molecule has 2 aliphatic rings. The monoisotopic (exact) mass is 241 g/mol. The lowest BCUT2D eigenvalue weighted by Crippen LogP contribution is -3.03. The van der Waals surface area contributed by atoms with E-state index >= 15 is 0 Å². The summed E-state index contributed by atoms with van der Waals surface area (Å²) in [6, 6.07) is 0.448. The average molecular weight is 241 g/mol. The van der Waals surface area contributed by atoms with Gasteiger partial charge in [0, 0.05) is 6.42 Å². The fourth-order valence-electron chi connectivity index (χ4n) is 2.80. The quantitative estimate of drug-likeness (QED) is 0.643. The van der Waals surface area contributed by atoms with Crippen molar-refractivity contribution in [3.63, 3.8) is 0 Å². The number of quaternary nitrogens is 1. The molecule has 3 atom stereocenters. The van der Waals surface area contributed by atoms with E-state index in [1.165, 1.54) is 12.8 Å². The van der Waals surface area contributed by atoms with Crippen LogP contribution in [0.5, 0.6) is 0 Å². The van der Waals surface area contributed by atoms with E-state index < -0.39 is 0 Å². The van der Waals surface area contributed by atoms with Gasteiger partial charge in [-0.3, -0.25) is 9.59 Å². The molecular formula is C12H21N2O3+. The average Bonchev–Trinajstić information content (AvgIpc) is 2.30. The molecule has 5 heteroatoms. The van der Waals surface area contributed by atoms with Crippen molar-refractivity contribution in [2.45, 2.75) is 57.2 Å². The molecule has 5 nitrogen and oxygen atoms in total. The van der Waals surface area contributed by atoms with E-state index in [1.54, 1.807) is 6.92 Å². The van der Waals surface area contributed by atoms with Gasteiger partial charge in [0.25, 0.3) is 5.91 Å². The van der Waals surface area contributed by atoms with Gasteiger partial charge in [0.15, 0.2) is 6.04 Å².